The Labute approximate surface area is 149 Å². The van der Waals surface area contributed by atoms with E-state index in [0.717, 1.165) is 19.3 Å². The number of sulfone groups is 1. The smallest absolute Gasteiger partial charge is 0.216 e. The second kappa shape index (κ2) is 9.05. The Morgan fingerprint density at radius 2 is 1.76 bits per heavy atom. The summed E-state index contributed by atoms with van der Waals surface area (Å²) in [7, 11) is -3.85. The topological polar surface area (TPSA) is 67.2 Å². The number of allylic oxidation sites excluding steroid dienone is 1. The fourth-order valence-corrected chi connectivity index (χ4v) is 3.47. The maximum Gasteiger partial charge on any atom is 0.216 e. The molecule has 0 aromatic heterocycles. The monoisotopic (exact) mass is 355 g/mol. The Bertz CT molecular complexity index is 865. The van der Waals surface area contributed by atoms with E-state index in [1.165, 1.54) is 18.2 Å². The second-order valence-electron chi connectivity index (χ2n) is 5.53. The third kappa shape index (κ3) is 4.94. The van der Waals surface area contributed by atoms with Crippen molar-refractivity contribution in [3.63, 3.8) is 0 Å². The van der Waals surface area contributed by atoms with Crippen molar-refractivity contribution in [3.05, 3.63) is 65.1 Å². The lowest BCUT2D eigenvalue weighted by atomic mass is 10.2. The van der Waals surface area contributed by atoms with Gasteiger partial charge in [-0.05, 0) is 30.7 Å². The minimum Gasteiger partial charge on any atom is -0.493 e. The molecule has 0 amide bonds. The molecule has 0 fully saturated rings. The maximum absolute atomic E-state index is 12.6. The van der Waals surface area contributed by atoms with Gasteiger partial charge in [0.1, 0.15) is 16.7 Å². The molecule has 0 bridgehead atoms. The van der Waals surface area contributed by atoms with Gasteiger partial charge in [-0.1, -0.05) is 56.2 Å². The minimum absolute atomic E-state index is 0.101. The zero-order valence-electron chi connectivity index (χ0n) is 14.2. The number of ether oxygens (including phenoxy) is 1. The van der Waals surface area contributed by atoms with Gasteiger partial charge in [-0.25, -0.2) is 8.42 Å². The van der Waals surface area contributed by atoms with E-state index in [2.05, 4.69) is 6.92 Å². The Balaban J connectivity index is 2.33. The SMILES string of the molecule is CCCCCOc1ccccc1C=C(C#N)S(=O)(=O)c1ccccc1. The number of hydrogen-bond donors (Lipinski definition) is 0. The lowest BCUT2D eigenvalue weighted by molar-refractivity contribution is 0.305. The van der Waals surface area contributed by atoms with Crippen molar-refractivity contribution in [2.75, 3.05) is 6.61 Å². The van der Waals surface area contributed by atoms with Gasteiger partial charge in [0.05, 0.1) is 11.5 Å². The van der Waals surface area contributed by atoms with Gasteiger partial charge in [0.2, 0.25) is 9.84 Å². The lowest BCUT2D eigenvalue weighted by Gasteiger charge is -2.09. The Kier molecular flexibility index (Phi) is 6.79. The van der Waals surface area contributed by atoms with Crippen LogP contribution in [0, 0.1) is 11.3 Å². The van der Waals surface area contributed by atoms with Crippen molar-refractivity contribution in [1.82, 2.24) is 0 Å². The molecule has 0 N–H and O–H groups in total. The Hall–Kier alpha value is -2.58. The molecule has 0 saturated heterocycles. The number of para-hydroxylation sites is 1. The zero-order valence-corrected chi connectivity index (χ0v) is 15.0. The first-order chi connectivity index (χ1) is 12.1. The summed E-state index contributed by atoms with van der Waals surface area (Å²) in [5, 5.41) is 9.38. The molecule has 0 aliphatic rings. The summed E-state index contributed by atoms with van der Waals surface area (Å²) in [4.78, 5) is -0.201. The molecule has 25 heavy (non-hydrogen) atoms. The zero-order chi connectivity index (χ0) is 18.1. The average Bonchev–Trinajstić information content (AvgIpc) is 2.64. The summed E-state index contributed by atoms with van der Waals surface area (Å²) in [6.45, 7) is 2.68. The second-order valence-corrected chi connectivity index (χ2v) is 7.45. The van der Waals surface area contributed by atoms with Crippen LogP contribution in [0.15, 0.2) is 64.4 Å². The third-order valence-corrected chi connectivity index (χ3v) is 5.35. The van der Waals surface area contributed by atoms with Gasteiger partial charge in [0, 0.05) is 5.56 Å². The quantitative estimate of drug-likeness (QED) is 0.513. The molecule has 0 aliphatic carbocycles. The van der Waals surface area contributed by atoms with Crippen LogP contribution in [-0.4, -0.2) is 15.0 Å². The first-order valence-electron chi connectivity index (χ1n) is 8.23. The summed E-state index contributed by atoms with van der Waals surface area (Å²) in [6.07, 6.45) is 4.47. The molecule has 0 aliphatic heterocycles. The van der Waals surface area contributed by atoms with E-state index >= 15 is 0 Å². The first kappa shape index (κ1) is 18.8. The maximum atomic E-state index is 12.6. The van der Waals surface area contributed by atoms with Crippen molar-refractivity contribution in [2.45, 2.75) is 31.1 Å². The van der Waals surface area contributed by atoms with Gasteiger partial charge in [0.25, 0.3) is 0 Å². The van der Waals surface area contributed by atoms with Crippen LogP contribution in [0.3, 0.4) is 0 Å². The number of unbranched alkanes of at least 4 members (excludes halogenated alkanes) is 2. The highest BCUT2D eigenvalue weighted by Gasteiger charge is 2.20. The van der Waals surface area contributed by atoms with Gasteiger partial charge < -0.3 is 4.74 Å². The van der Waals surface area contributed by atoms with E-state index in [1.54, 1.807) is 36.4 Å². The van der Waals surface area contributed by atoms with Crippen LogP contribution >= 0.6 is 0 Å². The summed E-state index contributed by atoms with van der Waals surface area (Å²) < 4.78 is 31.0. The molecular weight excluding hydrogens is 334 g/mol. The molecule has 0 heterocycles. The predicted molar refractivity (Wildman–Crippen MR) is 98.7 cm³/mol. The number of hydrogen-bond acceptors (Lipinski definition) is 4. The van der Waals surface area contributed by atoms with E-state index in [4.69, 9.17) is 4.74 Å². The van der Waals surface area contributed by atoms with E-state index in [9.17, 15) is 13.7 Å². The third-order valence-electron chi connectivity index (χ3n) is 3.66. The van der Waals surface area contributed by atoms with E-state index < -0.39 is 9.84 Å². The molecule has 0 radical (unpaired) electrons. The van der Waals surface area contributed by atoms with Gasteiger partial charge in [-0.2, -0.15) is 5.26 Å². The van der Waals surface area contributed by atoms with Crippen LogP contribution in [-0.2, 0) is 9.84 Å². The van der Waals surface area contributed by atoms with Crippen LogP contribution in [0.25, 0.3) is 6.08 Å². The molecule has 130 valence electrons. The molecular formula is C20H21NO3S. The molecule has 0 saturated carbocycles. The molecule has 0 spiro atoms. The van der Waals surface area contributed by atoms with Gasteiger partial charge in [0.15, 0.2) is 0 Å². The number of rotatable bonds is 8. The van der Waals surface area contributed by atoms with Crippen molar-refractivity contribution in [1.29, 1.82) is 5.26 Å². The molecule has 0 unspecified atom stereocenters. The fraction of sp³-hybridized carbons (Fsp3) is 0.250. The minimum atomic E-state index is -3.85. The van der Waals surface area contributed by atoms with E-state index in [1.807, 2.05) is 12.1 Å². The van der Waals surface area contributed by atoms with E-state index in [0.29, 0.717) is 17.9 Å². The average molecular weight is 355 g/mol. The summed E-state index contributed by atoms with van der Waals surface area (Å²) in [5.74, 6) is 0.578. The molecule has 5 heteroatoms. The van der Waals surface area contributed by atoms with Gasteiger partial charge >= 0.3 is 0 Å². The standard InChI is InChI=1S/C20H21NO3S/c1-2-3-9-14-24-20-13-8-7-10-17(20)15-19(16-21)25(22,23)18-11-5-4-6-12-18/h4-8,10-13,15H,2-3,9,14H2,1H3. The fourth-order valence-electron chi connectivity index (χ4n) is 2.30. The first-order valence-corrected chi connectivity index (χ1v) is 9.71. The Morgan fingerprint density at radius 1 is 1.08 bits per heavy atom. The molecule has 0 atom stereocenters. The molecule has 2 aromatic carbocycles. The van der Waals surface area contributed by atoms with Crippen molar-refractivity contribution >= 4 is 15.9 Å². The normalized spacial score (nSPS) is 11.8. The largest absolute Gasteiger partial charge is 0.493 e. The lowest BCUT2D eigenvalue weighted by Crippen LogP contribution is -2.04. The van der Waals surface area contributed by atoms with Crippen LogP contribution in [0.4, 0.5) is 0 Å². The number of nitrogens with zero attached hydrogens (tertiary/aromatic N) is 1. The van der Waals surface area contributed by atoms with Crippen LogP contribution < -0.4 is 4.74 Å². The van der Waals surface area contributed by atoms with Crippen molar-refractivity contribution < 1.29 is 13.2 Å². The molecule has 4 nitrogen and oxygen atoms in total. The highest BCUT2D eigenvalue weighted by atomic mass is 32.2. The molecule has 2 aromatic rings. The highest BCUT2D eigenvalue weighted by Crippen LogP contribution is 2.25. The predicted octanol–water partition coefficient (Wildman–Crippen LogP) is 4.59. The summed E-state index contributed by atoms with van der Waals surface area (Å²) >= 11 is 0. The number of nitriles is 1. The highest BCUT2D eigenvalue weighted by molar-refractivity contribution is 7.95. The van der Waals surface area contributed by atoms with Crippen LogP contribution in [0.1, 0.15) is 31.7 Å². The van der Waals surface area contributed by atoms with Crippen molar-refractivity contribution in [3.8, 4) is 11.8 Å². The van der Waals surface area contributed by atoms with Gasteiger partial charge in [-0.3, -0.25) is 0 Å². The summed E-state index contributed by atoms with van der Waals surface area (Å²) in [5.41, 5.74) is 0.579. The van der Waals surface area contributed by atoms with E-state index in [-0.39, 0.29) is 9.80 Å². The van der Waals surface area contributed by atoms with Crippen molar-refractivity contribution in [2.24, 2.45) is 0 Å². The molecule has 2 rings (SSSR count). The summed E-state index contributed by atoms with van der Waals surface area (Å²) in [6, 6.07) is 16.9. The van der Waals surface area contributed by atoms with Crippen LogP contribution in [0.5, 0.6) is 5.75 Å². The van der Waals surface area contributed by atoms with Crippen LogP contribution in [0.2, 0.25) is 0 Å². The van der Waals surface area contributed by atoms with Gasteiger partial charge in [-0.15, -0.1) is 0 Å². The Morgan fingerprint density at radius 3 is 2.44 bits per heavy atom. The number of benzene rings is 2.